The minimum atomic E-state index is -0.553. The maximum Gasteiger partial charge on any atom is 0.316 e. The molecule has 4 N–H and O–H groups in total. The van der Waals surface area contributed by atoms with Crippen LogP contribution in [0.15, 0.2) is 34.8 Å². The Labute approximate surface area is 128 Å². The van der Waals surface area contributed by atoms with Gasteiger partial charge in [-0.3, -0.25) is 16.0 Å². The average Bonchev–Trinajstić information content (AvgIpc) is 2.44. The lowest BCUT2D eigenvalue weighted by Crippen LogP contribution is -2.10. The Kier molecular flexibility index (Phi) is 4.39. The normalized spacial score (nSPS) is 10.3. The SMILES string of the molecule is Cc1cc(Br)c(F)cc1Nc1cccc(NN)c1[N+](=O)[O-]. The number of nitrogens with zero attached hydrogens (tertiary/aromatic N) is 1. The van der Waals surface area contributed by atoms with Crippen molar-refractivity contribution in [1.29, 1.82) is 0 Å². The van der Waals surface area contributed by atoms with E-state index >= 15 is 0 Å². The third-order valence-electron chi connectivity index (χ3n) is 2.91. The number of hydrogen-bond donors (Lipinski definition) is 3. The van der Waals surface area contributed by atoms with Crippen LogP contribution in [0.5, 0.6) is 0 Å². The van der Waals surface area contributed by atoms with Gasteiger partial charge < -0.3 is 10.7 Å². The quantitative estimate of drug-likeness (QED) is 0.440. The van der Waals surface area contributed by atoms with Crippen LogP contribution in [-0.2, 0) is 0 Å². The fraction of sp³-hybridized carbons (Fsp3) is 0.0769. The van der Waals surface area contributed by atoms with Gasteiger partial charge in [-0.05, 0) is 52.7 Å². The molecule has 0 heterocycles. The highest BCUT2D eigenvalue weighted by Crippen LogP contribution is 2.35. The van der Waals surface area contributed by atoms with Gasteiger partial charge in [-0.1, -0.05) is 6.07 Å². The van der Waals surface area contributed by atoms with E-state index in [-0.39, 0.29) is 17.1 Å². The molecule has 8 heteroatoms. The van der Waals surface area contributed by atoms with Crippen LogP contribution < -0.4 is 16.6 Å². The molecule has 0 aliphatic carbocycles. The molecule has 0 amide bonds. The molecule has 0 saturated carbocycles. The third kappa shape index (κ3) is 3.11. The first-order valence-corrected chi connectivity index (χ1v) is 6.70. The predicted molar refractivity (Wildman–Crippen MR) is 83.0 cm³/mol. The number of nitro benzene ring substituents is 1. The first-order valence-electron chi connectivity index (χ1n) is 5.90. The highest BCUT2D eigenvalue weighted by molar-refractivity contribution is 9.10. The third-order valence-corrected chi connectivity index (χ3v) is 3.52. The number of hydrazine groups is 1. The molecule has 6 nitrogen and oxygen atoms in total. The molecule has 2 aromatic carbocycles. The summed E-state index contributed by atoms with van der Waals surface area (Å²) in [6.07, 6.45) is 0. The Bertz CT molecular complexity index is 709. The van der Waals surface area contributed by atoms with E-state index in [1.165, 1.54) is 18.2 Å². The van der Waals surface area contributed by atoms with E-state index in [9.17, 15) is 14.5 Å². The molecule has 2 aromatic rings. The highest BCUT2D eigenvalue weighted by atomic mass is 79.9. The molecule has 0 aliphatic rings. The number of benzene rings is 2. The van der Waals surface area contributed by atoms with Gasteiger partial charge in [0.25, 0.3) is 0 Å². The summed E-state index contributed by atoms with van der Waals surface area (Å²) in [6, 6.07) is 7.48. The smallest absolute Gasteiger partial charge is 0.316 e. The fourth-order valence-corrected chi connectivity index (χ4v) is 2.34. The summed E-state index contributed by atoms with van der Waals surface area (Å²) >= 11 is 3.09. The number of aryl methyl sites for hydroxylation is 1. The molecule has 0 fully saturated rings. The zero-order chi connectivity index (χ0) is 15.6. The minimum absolute atomic E-state index is 0.167. The molecule has 2 rings (SSSR count). The number of anilines is 3. The molecule has 21 heavy (non-hydrogen) atoms. The van der Waals surface area contributed by atoms with E-state index in [2.05, 4.69) is 26.7 Å². The van der Waals surface area contributed by atoms with Crippen molar-refractivity contribution in [1.82, 2.24) is 0 Å². The van der Waals surface area contributed by atoms with Gasteiger partial charge in [0.2, 0.25) is 0 Å². The zero-order valence-electron chi connectivity index (χ0n) is 11.0. The van der Waals surface area contributed by atoms with E-state index in [0.717, 1.165) is 5.56 Å². The second-order valence-corrected chi connectivity index (χ2v) is 5.16. The van der Waals surface area contributed by atoms with Gasteiger partial charge in [0.05, 0.1) is 9.40 Å². The van der Waals surface area contributed by atoms with Crippen molar-refractivity contribution in [2.24, 2.45) is 5.84 Å². The van der Waals surface area contributed by atoms with Gasteiger partial charge in [0.1, 0.15) is 17.2 Å². The van der Waals surface area contributed by atoms with E-state index in [4.69, 9.17) is 5.84 Å². The van der Waals surface area contributed by atoms with E-state index in [0.29, 0.717) is 10.2 Å². The maximum atomic E-state index is 13.6. The zero-order valence-corrected chi connectivity index (χ0v) is 12.6. The lowest BCUT2D eigenvalue weighted by Gasteiger charge is -2.12. The number of para-hydroxylation sites is 1. The number of rotatable bonds is 4. The fourth-order valence-electron chi connectivity index (χ4n) is 1.88. The highest BCUT2D eigenvalue weighted by Gasteiger charge is 2.20. The van der Waals surface area contributed by atoms with Crippen molar-refractivity contribution in [3.8, 4) is 0 Å². The largest absolute Gasteiger partial charge is 0.350 e. The molecule has 0 bridgehead atoms. The van der Waals surface area contributed by atoms with Crippen LogP contribution in [0.4, 0.5) is 27.1 Å². The van der Waals surface area contributed by atoms with E-state index in [1.807, 2.05) is 0 Å². The van der Waals surface area contributed by atoms with Crippen molar-refractivity contribution in [3.63, 3.8) is 0 Å². The van der Waals surface area contributed by atoms with Crippen LogP contribution >= 0.6 is 15.9 Å². The molecule has 0 atom stereocenters. The number of nitrogen functional groups attached to an aromatic ring is 1. The number of nitro groups is 1. The second kappa shape index (κ2) is 6.06. The summed E-state index contributed by atoms with van der Waals surface area (Å²) < 4.78 is 13.9. The summed E-state index contributed by atoms with van der Waals surface area (Å²) in [7, 11) is 0. The summed E-state index contributed by atoms with van der Waals surface area (Å²) in [5.74, 6) is 4.82. The Morgan fingerprint density at radius 2 is 1.95 bits per heavy atom. The van der Waals surface area contributed by atoms with Gasteiger partial charge in [0.15, 0.2) is 0 Å². The number of nitrogens with one attached hydrogen (secondary N) is 2. The van der Waals surface area contributed by atoms with Crippen molar-refractivity contribution >= 4 is 38.7 Å². The van der Waals surface area contributed by atoms with Gasteiger partial charge in [-0.15, -0.1) is 0 Å². The number of hydrogen-bond acceptors (Lipinski definition) is 5. The van der Waals surface area contributed by atoms with Crippen molar-refractivity contribution in [3.05, 3.63) is 56.3 Å². The Hall–Kier alpha value is -2.19. The number of halogens is 2. The molecular weight excluding hydrogens is 343 g/mol. The molecule has 0 saturated heterocycles. The number of nitrogens with two attached hydrogens (primary N) is 1. The lowest BCUT2D eigenvalue weighted by molar-refractivity contribution is -0.383. The molecule has 0 spiro atoms. The van der Waals surface area contributed by atoms with Gasteiger partial charge in [-0.2, -0.15) is 0 Å². The molecule has 110 valence electrons. The van der Waals surface area contributed by atoms with Crippen molar-refractivity contribution in [2.75, 3.05) is 10.7 Å². The lowest BCUT2D eigenvalue weighted by atomic mass is 10.1. The first-order chi connectivity index (χ1) is 9.93. The Morgan fingerprint density at radius 3 is 2.57 bits per heavy atom. The molecule has 0 aromatic heterocycles. The van der Waals surface area contributed by atoms with Gasteiger partial charge in [0, 0.05) is 5.69 Å². The van der Waals surface area contributed by atoms with Crippen LogP contribution in [0.3, 0.4) is 0 Å². The van der Waals surface area contributed by atoms with Crippen LogP contribution in [0.1, 0.15) is 5.56 Å². The monoisotopic (exact) mass is 354 g/mol. The minimum Gasteiger partial charge on any atom is -0.350 e. The topological polar surface area (TPSA) is 93.2 Å². The Morgan fingerprint density at radius 1 is 1.29 bits per heavy atom. The summed E-state index contributed by atoms with van der Waals surface area (Å²) in [5.41, 5.74) is 3.64. The summed E-state index contributed by atoms with van der Waals surface area (Å²) in [5, 5.41) is 14.1. The summed E-state index contributed by atoms with van der Waals surface area (Å²) in [6.45, 7) is 1.77. The standard InChI is InChI=1S/C13H12BrFN4O2/c1-7-5-8(14)9(15)6-12(7)17-10-3-2-4-11(18-16)13(10)19(20)21/h2-6,17-18H,16H2,1H3. The van der Waals surface area contributed by atoms with Crippen LogP contribution in [-0.4, -0.2) is 4.92 Å². The van der Waals surface area contributed by atoms with Crippen LogP contribution in [0.25, 0.3) is 0 Å². The first kappa shape index (κ1) is 15.2. The van der Waals surface area contributed by atoms with Crippen LogP contribution in [0.2, 0.25) is 0 Å². The average molecular weight is 355 g/mol. The van der Waals surface area contributed by atoms with E-state index < -0.39 is 10.7 Å². The Balaban J connectivity index is 2.49. The van der Waals surface area contributed by atoms with E-state index in [1.54, 1.807) is 19.1 Å². The predicted octanol–water partition coefficient (Wildman–Crippen LogP) is 3.83. The van der Waals surface area contributed by atoms with Crippen molar-refractivity contribution in [2.45, 2.75) is 6.92 Å². The second-order valence-electron chi connectivity index (χ2n) is 4.31. The molecule has 0 unspecified atom stereocenters. The summed E-state index contributed by atoms with van der Waals surface area (Å²) in [4.78, 5) is 10.6. The van der Waals surface area contributed by atoms with Gasteiger partial charge >= 0.3 is 5.69 Å². The maximum absolute atomic E-state index is 13.6. The van der Waals surface area contributed by atoms with Crippen molar-refractivity contribution < 1.29 is 9.31 Å². The van der Waals surface area contributed by atoms with Gasteiger partial charge in [-0.25, -0.2) is 4.39 Å². The molecule has 0 aliphatic heterocycles. The van der Waals surface area contributed by atoms with Crippen LogP contribution in [0, 0.1) is 22.9 Å². The molecule has 0 radical (unpaired) electrons. The molecular formula is C13H12BrFN4O2.